The average molecular weight is 645 g/mol. The Labute approximate surface area is 287 Å². The maximum Gasteiger partial charge on any atom is 0.0992 e. The number of aromatic nitrogens is 1. The molecule has 0 bridgehead atoms. The number of hydrogen-bond acceptors (Lipinski definition) is 5. The second kappa shape index (κ2) is 12.6. The standard InChI is InChI=1S/C44H28N4S/c45-21-19-29(26-46)10-9-28-11-13-32(14-12-28)44-36-7-2-1-6-35(36)43(33-17-15-31(16-18-33)40-23-30(27-47)20-22-48-40)38-24-37-34-5-3-4-8-41(34)49-42(37)25-39(38)44/h1-8,10-25H,9,45H2/b21-19-,29-10+. The highest BCUT2D eigenvalue weighted by Crippen LogP contribution is 2.47. The largest absolute Gasteiger partial charge is 0.405 e. The molecule has 0 atom stereocenters. The van der Waals surface area contributed by atoms with Crippen molar-refractivity contribution in [2.75, 3.05) is 0 Å². The third-order valence-electron chi connectivity index (χ3n) is 9.08. The van der Waals surface area contributed by atoms with E-state index in [9.17, 15) is 10.5 Å². The van der Waals surface area contributed by atoms with Crippen LogP contribution in [0.5, 0.6) is 0 Å². The van der Waals surface area contributed by atoms with Crippen LogP contribution in [0.15, 0.2) is 151 Å². The number of nitriles is 2. The predicted octanol–water partition coefficient (Wildman–Crippen LogP) is 11.1. The molecule has 0 aliphatic heterocycles. The Morgan fingerprint density at radius 2 is 1.29 bits per heavy atom. The first kappa shape index (κ1) is 29.8. The molecule has 49 heavy (non-hydrogen) atoms. The van der Waals surface area contributed by atoms with Crippen molar-refractivity contribution in [3.8, 4) is 45.6 Å². The second-order valence-electron chi connectivity index (χ2n) is 11.9. The number of allylic oxidation sites excluding steroid dienone is 3. The van der Waals surface area contributed by atoms with Gasteiger partial charge in [-0.15, -0.1) is 11.3 Å². The first-order valence-electron chi connectivity index (χ1n) is 16.0. The number of benzene rings is 6. The van der Waals surface area contributed by atoms with Crippen molar-refractivity contribution >= 4 is 53.1 Å². The van der Waals surface area contributed by atoms with Crippen molar-refractivity contribution in [2.24, 2.45) is 5.73 Å². The van der Waals surface area contributed by atoms with Crippen LogP contribution in [-0.2, 0) is 6.42 Å². The fourth-order valence-corrected chi connectivity index (χ4v) is 7.90. The van der Waals surface area contributed by atoms with Crippen LogP contribution in [0.3, 0.4) is 0 Å². The van der Waals surface area contributed by atoms with Crippen LogP contribution in [0.4, 0.5) is 0 Å². The molecule has 230 valence electrons. The van der Waals surface area contributed by atoms with Gasteiger partial charge in [-0.25, -0.2) is 0 Å². The van der Waals surface area contributed by atoms with Crippen LogP contribution >= 0.6 is 11.3 Å². The number of nitrogens with zero attached hydrogens (tertiary/aromatic N) is 3. The van der Waals surface area contributed by atoms with Gasteiger partial charge < -0.3 is 5.73 Å². The smallest absolute Gasteiger partial charge is 0.0992 e. The topological polar surface area (TPSA) is 86.5 Å². The van der Waals surface area contributed by atoms with Crippen molar-refractivity contribution in [3.05, 3.63) is 163 Å². The Morgan fingerprint density at radius 3 is 1.96 bits per heavy atom. The van der Waals surface area contributed by atoms with E-state index in [0.29, 0.717) is 17.6 Å². The molecule has 0 radical (unpaired) electrons. The van der Waals surface area contributed by atoms with Gasteiger partial charge in [0.05, 0.1) is 23.4 Å². The monoisotopic (exact) mass is 644 g/mol. The van der Waals surface area contributed by atoms with Crippen LogP contribution in [0, 0.1) is 22.7 Å². The maximum absolute atomic E-state index is 9.42. The summed E-state index contributed by atoms with van der Waals surface area (Å²) in [5.41, 5.74) is 14.2. The molecule has 0 unspecified atom stereocenters. The number of rotatable bonds is 6. The molecule has 8 rings (SSSR count). The fourth-order valence-electron chi connectivity index (χ4n) is 6.77. The van der Waals surface area contributed by atoms with Gasteiger partial charge in [-0.05, 0) is 98.4 Å². The molecule has 0 aliphatic rings. The van der Waals surface area contributed by atoms with E-state index in [0.717, 1.165) is 27.9 Å². The molecule has 2 heterocycles. The zero-order chi connectivity index (χ0) is 33.3. The van der Waals surface area contributed by atoms with E-state index in [1.807, 2.05) is 23.5 Å². The highest BCUT2D eigenvalue weighted by molar-refractivity contribution is 7.25. The minimum atomic E-state index is 0.548. The van der Waals surface area contributed by atoms with E-state index in [4.69, 9.17) is 5.73 Å². The van der Waals surface area contributed by atoms with Crippen LogP contribution in [0.1, 0.15) is 11.1 Å². The number of thiophene rings is 1. The molecule has 0 amide bonds. The number of nitrogens with two attached hydrogens (primary N) is 1. The Hall–Kier alpha value is -6.53. The summed E-state index contributed by atoms with van der Waals surface area (Å²) < 4.78 is 2.53. The van der Waals surface area contributed by atoms with Gasteiger partial charge in [0, 0.05) is 37.5 Å². The molecule has 0 saturated carbocycles. The minimum absolute atomic E-state index is 0.548. The summed E-state index contributed by atoms with van der Waals surface area (Å²) in [6, 6.07) is 47.3. The average Bonchev–Trinajstić information content (AvgIpc) is 3.52. The Kier molecular flexibility index (Phi) is 7.66. The number of fused-ring (bicyclic) bond motifs is 5. The molecule has 2 N–H and O–H groups in total. The van der Waals surface area contributed by atoms with Crippen molar-refractivity contribution < 1.29 is 0 Å². The SMILES string of the molecule is N#CC(/C=C\N)=C/Cc1ccc(-c2c3ccccc3c(-c3ccc(-c4cc(C#N)ccn4)cc3)c3cc4c(cc23)sc2ccccc24)cc1. The summed E-state index contributed by atoms with van der Waals surface area (Å²) in [5, 5.41) is 26.1. The molecule has 6 aromatic carbocycles. The molecule has 2 aromatic heterocycles. The van der Waals surface area contributed by atoms with Gasteiger partial charge in [-0.3, -0.25) is 4.98 Å². The lowest BCUT2D eigenvalue weighted by Crippen LogP contribution is -1.92. The quantitative estimate of drug-likeness (QED) is 0.111. The van der Waals surface area contributed by atoms with Crippen LogP contribution in [-0.4, -0.2) is 4.98 Å². The van der Waals surface area contributed by atoms with Crippen molar-refractivity contribution in [1.82, 2.24) is 4.98 Å². The lowest BCUT2D eigenvalue weighted by molar-refractivity contribution is 1.25. The van der Waals surface area contributed by atoms with Crippen molar-refractivity contribution in [1.29, 1.82) is 10.5 Å². The van der Waals surface area contributed by atoms with Gasteiger partial charge in [0.15, 0.2) is 0 Å². The van der Waals surface area contributed by atoms with E-state index in [1.54, 1.807) is 18.3 Å². The Bertz CT molecular complexity index is 2700. The zero-order valence-electron chi connectivity index (χ0n) is 26.4. The van der Waals surface area contributed by atoms with Crippen LogP contribution < -0.4 is 5.73 Å². The third kappa shape index (κ3) is 5.39. The molecule has 0 spiro atoms. The van der Waals surface area contributed by atoms with E-state index < -0.39 is 0 Å². The Morgan fingerprint density at radius 1 is 0.653 bits per heavy atom. The first-order chi connectivity index (χ1) is 24.1. The van der Waals surface area contributed by atoms with Gasteiger partial charge in [0.1, 0.15) is 0 Å². The van der Waals surface area contributed by atoms with E-state index in [1.165, 1.54) is 59.0 Å². The number of hydrogen-bond donors (Lipinski definition) is 1. The third-order valence-corrected chi connectivity index (χ3v) is 10.2. The number of pyridine rings is 1. The molecule has 5 heteroatoms. The summed E-state index contributed by atoms with van der Waals surface area (Å²) in [7, 11) is 0. The lowest BCUT2D eigenvalue weighted by Gasteiger charge is -2.18. The summed E-state index contributed by atoms with van der Waals surface area (Å²) in [6.07, 6.45) is 7.25. The summed E-state index contributed by atoms with van der Waals surface area (Å²) >= 11 is 1.83. The van der Waals surface area contributed by atoms with E-state index in [-0.39, 0.29) is 0 Å². The van der Waals surface area contributed by atoms with Gasteiger partial charge in [-0.1, -0.05) is 97.1 Å². The van der Waals surface area contributed by atoms with Crippen molar-refractivity contribution in [3.63, 3.8) is 0 Å². The molecule has 0 saturated heterocycles. The molecule has 8 aromatic rings. The summed E-state index contributed by atoms with van der Waals surface area (Å²) in [6.45, 7) is 0. The fraction of sp³-hybridized carbons (Fsp3) is 0.0227. The van der Waals surface area contributed by atoms with Crippen molar-refractivity contribution in [2.45, 2.75) is 6.42 Å². The molecule has 0 fully saturated rings. The second-order valence-corrected chi connectivity index (χ2v) is 13.0. The van der Waals surface area contributed by atoms with Gasteiger partial charge in [-0.2, -0.15) is 10.5 Å². The highest BCUT2D eigenvalue weighted by Gasteiger charge is 2.19. The lowest BCUT2D eigenvalue weighted by atomic mass is 9.85. The summed E-state index contributed by atoms with van der Waals surface area (Å²) in [5.74, 6) is 0. The summed E-state index contributed by atoms with van der Waals surface area (Å²) in [4.78, 5) is 4.53. The van der Waals surface area contributed by atoms with Crippen LogP contribution in [0.25, 0.3) is 75.2 Å². The van der Waals surface area contributed by atoms with E-state index >= 15 is 0 Å². The Balaban J connectivity index is 1.36. The highest BCUT2D eigenvalue weighted by atomic mass is 32.1. The predicted molar refractivity (Wildman–Crippen MR) is 204 cm³/mol. The molecule has 0 aliphatic carbocycles. The molecular formula is C44H28N4S. The normalized spacial score (nSPS) is 11.8. The first-order valence-corrected chi connectivity index (χ1v) is 16.8. The van der Waals surface area contributed by atoms with Crippen LogP contribution in [0.2, 0.25) is 0 Å². The maximum atomic E-state index is 9.42. The van der Waals surface area contributed by atoms with Gasteiger partial charge >= 0.3 is 0 Å². The van der Waals surface area contributed by atoms with E-state index in [2.05, 4.69) is 126 Å². The van der Waals surface area contributed by atoms with Gasteiger partial charge in [0.25, 0.3) is 0 Å². The zero-order valence-corrected chi connectivity index (χ0v) is 27.2. The van der Waals surface area contributed by atoms with Gasteiger partial charge in [0.2, 0.25) is 0 Å². The minimum Gasteiger partial charge on any atom is -0.405 e. The molecule has 4 nitrogen and oxygen atoms in total. The molecular weight excluding hydrogens is 617 g/mol.